The van der Waals surface area contributed by atoms with Gasteiger partial charge in [0, 0.05) is 5.56 Å². The Labute approximate surface area is 81.6 Å². The lowest BCUT2D eigenvalue weighted by atomic mass is 10.1. The van der Waals surface area contributed by atoms with Crippen LogP contribution in [0.15, 0.2) is 24.3 Å². The van der Waals surface area contributed by atoms with Gasteiger partial charge in [0.05, 0.1) is 18.1 Å². The number of hydrogen-bond donors (Lipinski definition) is 1. The summed E-state index contributed by atoms with van der Waals surface area (Å²) in [6, 6.07) is 8.32. The van der Waals surface area contributed by atoms with Gasteiger partial charge in [0.25, 0.3) is 0 Å². The molecule has 14 heavy (non-hydrogen) atoms. The van der Waals surface area contributed by atoms with Crippen molar-refractivity contribution in [3.63, 3.8) is 0 Å². The van der Waals surface area contributed by atoms with E-state index in [1.165, 1.54) is 6.07 Å². The molecule has 0 amide bonds. The van der Waals surface area contributed by atoms with E-state index in [1.807, 2.05) is 6.07 Å². The molecule has 0 aliphatic heterocycles. The van der Waals surface area contributed by atoms with E-state index in [-0.39, 0.29) is 12.0 Å². The second-order valence-corrected chi connectivity index (χ2v) is 2.49. The van der Waals surface area contributed by atoms with Crippen molar-refractivity contribution in [3.05, 3.63) is 35.4 Å². The first-order chi connectivity index (χ1) is 6.75. The monoisotopic (exact) mass is 185 g/mol. The molecule has 0 radical (unpaired) electrons. The number of nitriles is 1. The van der Waals surface area contributed by atoms with E-state index < -0.39 is 5.97 Å². The summed E-state index contributed by atoms with van der Waals surface area (Å²) in [4.78, 5) is 10.7. The van der Waals surface area contributed by atoms with Crippen molar-refractivity contribution in [2.45, 2.75) is 6.42 Å². The Morgan fingerprint density at radius 3 is 2.79 bits per heavy atom. The summed E-state index contributed by atoms with van der Waals surface area (Å²) in [6.45, 7) is 0. The Morgan fingerprint density at radius 2 is 2.14 bits per heavy atom. The first kappa shape index (κ1) is 9.83. The average Bonchev–Trinajstić information content (AvgIpc) is 2.19. The molecule has 0 atom stereocenters. The summed E-state index contributed by atoms with van der Waals surface area (Å²) in [6.07, 6.45) is 0.105. The highest BCUT2D eigenvalue weighted by Gasteiger charge is 2.05. The molecule has 0 aliphatic carbocycles. The molecule has 0 saturated carbocycles. The predicted molar refractivity (Wildman–Crippen MR) is 50.5 cm³/mol. The van der Waals surface area contributed by atoms with E-state index >= 15 is 0 Å². The van der Waals surface area contributed by atoms with Crippen LogP contribution in [0.4, 0.5) is 0 Å². The summed E-state index contributed by atoms with van der Waals surface area (Å²) in [5.74, 6) is 4.21. The number of carboxylic acid groups (broad SMARTS) is 1. The molecule has 0 fully saturated rings. The molecule has 1 N–H and O–H groups in total. The van der Waals surface area contributed by atoms with Crippen molar-refractivity contribution < 1.29 is 9.90 Å². The molecule has 0 aliphatic rings. The number of hydrogen-bond acceptors (Lipinski definition) is 2. The molecule has 3 nitrogen and oxygen atoms in total. The van der Waals surface area contributed by atoms with Gasteiger partial charge in [-0.05, 0) is 12.1 Å². The zero-order valence-electron chi connectivity index (χ0n) is 7.32. The number of carbonyl (C=O) groups is 1. The molecule has 0 aromatic heterocycles. The second kappa shape index (κ2) is 4.69. The van der Waals surface area contributed by atoms with Crippen molar-refractivity contribution >= 4 is 5.97 Å². The summed E-state index contributed by atoms with van der Waals surface area (Å²) in [7, 11) is 0. The van der Waals surface area contributed by atoms with E-state index in [2.05, 4.69) is 11.8 Å². The Morgan fingerprint density at radius 1 is 1.43 bits per heavy atom. The zero-order chi connectivity index (χ0) is 10.4. The second-order valence-electron chi connectivity index (χ2n) is 2.49. The van der Waals surface area contributed by atoms with Crippen molar-refractivity contribution in [1.82, 2.24) is 0 Å². The van der Waals surface area contributed by atoms with Gasteiger partial charge < -0.3 is 5.11 Å². The Bertz CT molecular complexity index is 446. The van der Waals surface area contributed by atoms with Gasteiger partial charge in [-0.25, -0.2) is 4.79 Å². The van der Waals surface area contributed by atoms with Gasteiger partial charge in [0.15, 0.2) is 0 Å². The van der Waals surface area contributed by atoms with E-state index in [0.717, 1.165) is 0 Å². The molecule has 1 aromatic carbocycles. The molecule has 1 aromatic rings. The van der Waals surface area contributed by atoms with Crippen LogP contribution in [0.3, 0.4) is 0 Å². The van der Waals surface area contributed by atoms with Gasteiger partial charge in [0.2, 0.25) is 0 Å². The smallest absolute Gasteiger partial charge is 0.336 e. The van der Waals surface area contributed by atoms with Gasteiger partial charge in [-0.2, -0.15) is 5.26 Å². The molecule has 0 heterocycles. The molecular weight excluding hydrogens is 178 g/mol. The largest absolute Gasteiger partial charge is 0.478 e. The number of rotatable bonds is 1. The lowest BCUT2D eigenvalue weighted by Crippen LogP contribution is -1.99. The number of nitrogens with zero attached hydrogens (tertiary/aromatic N) is 1. The van der Waals surface area contributed by atoms with Gasteiger partial charge in [-0.15, -0.1) is 0 Å². The Hall–Kier alpha value is -2.26. The molecule has 0 spiro atoms. The maximum atomic E-state index is 10.7. The van der Waals surface area contributed by atoms with Crippen molar-refractivity contribution in [2.75, 3.05) is 0 Å². The molecule has 3 heteroatoms. The maximum absolute atomic E-state index is 10.7. The predicted octanol–water partition coefficient (Wildman–Crippen LogP) is 1.65. The van der Waals surface area contributed by atoms with Crippen LogP contribution < -0.4 is 0 Å². The highest BCUT2D eigenvalue weighted by atomic mass is 16.4. The molecule has 1 rings (SSSR count). The minimum Gasteiger partial charge on any atom is -0.478 e. The minimum atomic E-state index is -1.01. The van der Waals surface area contributed by atoms with Gasteiger partial charge in [-0.1, -0.05) is 24.0 Å². The fourth-order valence-electron chi connectivity index (χ4n) is 0.958. The van der Waals surface area contributed by atoms with Crippen LogP contribution in [0.1, 0.15) is 22.3 Å². The van der Waals surface area contributed by atoms with Crippen LogP contribution in [-0.2, 0) is 0 Å². The van der Waals surface area contributed by atoms with E-state index in [0.29, 0.717) is 5.56 Å². The maximum Gasteiger partial charge on any atom is 0.336 e. The Balaban J connectivity index is 3.05. The van der Waals surface area contributed by atoms with Crippen LogP contribution in [0.2, 0.25) is 0 Å². The standard InChI is InChI=1S/C11H7NO2/c12-8-4-3-6-9-5-1-2-7-10(9)11(13)14/h1-2,5,7H,4H2,(H,13,14). The first-order valence-corrected chi connectivity index (χ1v) is 3.94. The lowest BCUT2D eigenvalue weighted by Gasteiger charge is -1.96. The highest BCUT2D eigenvalue weighted by molar-refractivity contribution is 5.90. The number of benzene rings is 1. The van der Waals surface area contributed by atoms with Crippen molar-refractivity contribution in [3.8, 4) is 17.9 Å². The van der Waals surface area contributed by atoms with Crippen molar-refractivity contribution in [2.24, 2.45) is 0 Å². The number of aromatic carboxylic acids is 1. The fourth-order valence-corrected chi connectivity index (χ4v) is 0.958. The van der Waals surface area contributed by atoms with Crippen LogP contribution in [0.5, 0.6) is 0 Å². The van der Waals surface area contributed by atoms with Gasteiger partial charge in [-0.3, -0.25) is 0 Å². The summed E-state index contributed by atoms with van der Waals surface area (Å²) in [5, 5.41) is 17.0. The van der Waals surface area contributed by atoms with E-state index in [4.69, 9.17) is 10.4 Å². The normalized spacial score (nSPS) is 8.21. The SMILES string of the molecule is N#CCC#Cc1ccccc1C(=O)O. The third-order valence-electron chi connectivity index (χ3n) is 1.55. The number of carboxylic acids is 1. The van der Waals surface area contributed by atoms with Crippen LogP contribution >= 0.6 is 0 Å². The summed E-state index contributed by atoms with van der Waals surface area (Å²) < 4.78 is 0. The topological polar surface area (TPSA) is 61.1 Å². The van der Waals surface area contributed by atoms with Crippen LogP contribution in [0, 0.1) is 23.2 Å². The summed E-state index contributed by atoms with van der Waals surface area (Å²) >= 11 is 0. The third kappa shape index (κ3) is 2.36. The van der Waals surface area contributed by atoms with Crippen LogP contribution in [-0.4, -0.2) is 11.1 Å². The Kier molecular flexibility index (Phi) is 3.29. The lowest BCUT2D eigenvalue weighted by molar-refractivity contribution is 0.0696. The van der Waals surface area contributed by atoms with E-state index in [1.54, 1.807) is 18.2 Å². The van der Waals surface area contributed by atoms with E-state index in [9.17, 15) is 4.79 Å². The molecule has 0 bridgehead atoms. The quantitative estimate of drug-likeness (QED) is 0.676. The van der Waals surface area contributed by atoms with Crippen LogP contribution in [0.25, 0.3) is 0 Å². The molecule has 0 saturated heterocycles. The molecular formula is C11H7NO2. The first-order valence-electron chi connectivity index (χ1n) is 3.94. The average molecular weight is 185 g/mol. The highest BCUT2D eigenvalue weighted by Crippen LogP contribution is 2.06. The fraction of sp³-hybridized carbons (Fsp3) is 0.0909. The zero-order valence-corrected chi connectivity index (χ0v) is 7.32. The molecule has 68 valence electrons. The minimum absolute atomic E-state index is 0.105. The van der Waals surface area contributed by atoms with Crippen molar-refractivity contribution in [1.29, 1.82) is 5.26 Å². The third-order valence-corrected chi connectivity index (χ3v) is 1.55. The molecule has 0 unspecified atom stereocenters. The van der Waals surface area contributed by atoms with Gasteiger partial charge >= 0.3 is 5.97 Å². The summed E-state index contributed by atoms with van der Waals surface area (Å²) in [5.41, 5.74) is 0.605. The van der Waals surface area contributed by atoms with Gasteiger partial charge in [0.1, 0.15) is 0 Å².